The lowest BCUT2D eigenvalue weighted by Gasteiger charge is -2.13. The molecule has 0 N–H and O–H groups in total. The molecule has 0 bridgehead atoms. The minimum absolute atomic E-state index is 0.0371. The highest BCUT2D eigenvalue weighted by molar-refractivity contribution is 5.98. The fourth-order valence-electron chi connectivity index (χ4n) is 1.14. The Bertz CT molecular complexity index is 430. The molecule has 0 atom stereocenters. The van der Waals surface area contributed by atoms with Gasteiger partial charge in [-0.2, -0.15) is 0 Å². The molecule has 0 aliphatic rings. The minimum Gasteiger partial charge on any atom is -0.461 e. The fraction of sp³-hybridized carbons (Fsp3) is 0.385. The van der Waals surface area contributed by atoms with Crippen LogP contribution in [0.15, 0.2) is 22.8 Å². The molecule has 0 aliphatic heterocycles. The Balaban J connectivity index is 2.88. The van der Waals surface area contributed by atoms with Gasteiger partial charge in [-0.05, 0) is 25.1 Å². The first kappa shape index (κ1) is 12.4. The maximum Gasteiger partial charge on any atom is 0.203 e. The fourth-order valence-corrected chi connectivity index (χ4v) is 1.14. The largest absolute Gasteiger partial charge is 0.461 e. The van der Waals surface area contributed by atoms with Crippen LogP contribution in [0.4, 0.5) is 0 Å². The lowest BCUT2D eigenvalue weighted by atomic mass is 9.89. The molecule has 3 heteroatoms. The standard InChI is InChI=1S/C13H16O3/c1-9(14)5-6-10-7-11(16-8-10)12(15)13(2,3)4/h5-8H,1-4H3/b6-5+. The van der Waals surface area contributed by atoms with E-state index in [0.717, 1.165) is 5.56 Å². The highest BCUT2D eigenvalue weighted by Gasteiger charge is 2.25. The van der Waals surface area contributed by atoms with Crippen molar-refractivity contribution in [3.63, 3.8) is 0 Å². The van der Waals surface area contributed by atoms with Gasteiger partial charge in [0.1, 0.15) is 0 Å². The smallest absolute Gasteiger partial charge is 0.203 e. The molecule has 0 aliphatic carbocycles. The quantitative estimate of drug-likeness (QED) is 0.580. The number of furan rings is 1. The van der Waals surface area contributed by atoms with Crippen LogP contribution in [0.25, 0.3) is 6.08 Å². The van der Waals surface area contributed by atoms with Gasteiger partial charge in [-0.15, -0.1) is 0 Å². The zero-order valence-electron chi connectivity index (χ0n) is 10.0. The maximum absolute atomic E-state index is 11.8. The van der Waals surface area contributed by atoms with Gasteiger partial charge in [0.15, 0.2) is 11.5 Å². The van der Waals surface area contributed by atoms with Crippen molar-refractivity contribution in [2.45, 2.75) is 27.7 Å². The molecule has 3 nitrogen and oxygen atoms in total. The van der Waals surface area contributed by atoms with Crippen molar-refractivity contribution < 1.29 is 14.0 Å². The van der Waals surface area contributed by atoms with E-state index in [0.29, 0.717) is 5.76 Å². The van der Waals surface area contributed by atoms with Gasteiger partial charge in [-0.3, -0.25) is 9.59 Å². The molecule has 0 spiro atoms. The lowest BCUT2D eigenvalue weighted by molar-refractivity contribution is -0.112. The third-order valence-corrected chi connectivity index (χ3v) is 2.04. The molecule has 0 fully saturated rings. The molecule has 1 rings (SSSR count). The molecule has 1 aromatic heterocycles. The Labute approximate surface area is 95.1 Å². The molecule has 0 amide bonds. The third kappa shape index (κ3) is 3.19. The number of carbonyl (C=O) groups excluding carboxylic acids is 2. The van der Waals surface area contributed by atoms with Gasteiger partial charge in [0.25, 0.3) is 0 Å². The Morgan fingerprint density at radius 3 is 2.44 bits per heavy atom. The van der Waals surface area contributed by atoms with Crippen LogP contribution in [0.5, 0.6) is 0 Å². The summed E-state index contributed by atoms with van der Waals surface area (Å²) in [6.07, 6.45) is 4.54. The van der Waals surface area contributed by atoms with Crippen LogP contribution in [0.2, 0.25) is 0 Å². The molecular formula is C13H16O3. The summed E-state index contributed by atoms with van der Waals surface area (Å²) in [6, 6.07) is 1.65. The summed E-state index contributed by atoms with van der Waals surface area (Å²) in [5.74, 6) is 0.246. The second-order valence-corrected chi connectivity index (χ2v) is 4.77. The molecule has 0 saturated heterocycles. The molecule has 0 aromatic carbocycles. The van der Waals surface area contributed by atoms with Crippen molar-refractivity contribution in [1.82, 2.24) is 0 Å². The van der Waals surface area contributed by atoms with E-state index in [2.05, 4.69) is 0 Å². The number of hydrogen-bond acceptors (Lipinski definition) is 3. The Morgan fingerprint density at radius 2 is 1.94 bits per heavy atom. The van der Waals surface area contributed by atoms with Crippen LogP contribution in [0.1, 0.15) is 43.8 Å². The zero-order valence-corrected chi connectivity index (χ0v) is 10.0. The molecule has 16 heavy (non-hydrogen) atoms. The first-order valence-electron chi connectivity index (χ1n) is 5.12. The van der Waals surface area contributed by atoms with Crippen LogP contribution < -0.4 is 0 Å². The predicted octanol–water partition coefficient (Wildman–Crippen LogP) is 3.11. The third-order valence-electron chi connectivity index (χ3n) is 2.04. The lowest BCUT2D eigenvalue weighted by Crippen LogP contribution is -2.19. The number of allylic oxidation sites excluding steroid dienone is 1. The summed E-state index contributed by atoms with van der Waals surface area (Å²) in [4.78, 5) is 22.6. The van der Waals surface area contributed by atoms with Crippen molar-refractivity contribution >= 4 is 17.6 Å². The molecule has 1 aromatic rings. The van der Waals surface area contributed by atoms with Crippen molar-refractivity contribution in [3.05, 3.63) is 29.7 Å². The summed E-state index contributed by atoms with van der Waals surface area (Å²) in [6.45, 7) is 6.98. The van der Waals surface area contributed by atoms with E-state index in [-0.39, 0.29) is 11.6 Å². The summed E-state index contributed by atoms with van der Waals surface area (Å²) in [5, 5.41) is 0. The van der Waals surface area contributed by atoms with Crippen LogP contribution in [-0.2, 0) is 4.79 Å². The highest BCUT2D eigenvalue weighted by Crippen LogP contribution is 2.22. The van der Waals surface area contributed by atoms with E-state index >= 15 is 0 Å². The summed E-state index contributed by atoms with van der Waals surface area (Å²) < 4.78 is 5.17. The maximum atomic E-state index is 11.8. The van der Waals surface area contributed by atoms with Crippen molar-refractivity contribution in [2.75, 3.05) is 0 Å². The monoisotopic (exact) mass is 220 g/mol. The van der Waals surface area contributed by atoms with E-state index in [4.69, 9.17) is 4.42 Å². The second kappa shape index (κ2) is 4.47. The van der Waals surface area contributed by atoms with Gasteiger partial charge >= 0.3 is 0 Å². The number of hydrogen-bond donors (Lipinski definition) is 0. The number of carbonyl (C=O) groups is 2. The van der Waals surface area contributed by atoms with Gasteiger partial charge in [-0.25, -0.2) is 0 Å². The average Bonchev–Trinajstić information content (AvgIpc) is 2.60. The van der Waals surface area contributed by atoms with Crippen molar-refractivity contribution in [1.29, 1.82) is 0 Å². The molecule has 1 heterocycles. The SMILES string of the molecule is CC(=O)/C=C/c1coc(C(=O)C(C)(C)C)c1. The minimum atomic E-state index is -0.459. The van der Waals surface area contributed by atoms with E-state index in [1.807, 2.05) is 20.8 Å². The normalized spacial score (nSPS) is 12.0. The Hall–Kier alpha value is -1.64. The van der Waals surface area contributed by atoms with Gasteiger partial charge in [-0.1, -0.05) is 20.8 Å². The second-order valence-electron chi connectivity index (χ2n) is 4.77. The molecule has 0 radical (unpaired) electrons. The van der Waals surface area contributed by atoms with E-state index in [1.165, 1.54) is 19.3 Å². The van der Waals surface area contributed by atoms with Crippen molar-refractivity contribution in [2.24, 2.45) is 5.41 Å². The first-order chi connectivity index (χ1) is 7.30. The molecular weight excluding hydrogens is 204 g/mol. The number of rotatable bonds is 3. The van der Waals surface area contributed by atoms with Gasteiger partial charge < -0.3 is 4.42 Å². The average molecular weight is 220 g/mol. The molecule has 0 unspecified atom stereocenters. The van der Waals surface area contributed by atoms with E-state index < -0.39 is 5.41 Å². The van der Waals surface area contributed by atoms with Crippen LogP contribution in [0.3, 0.4) is 0 Å². The summed E-state index contributed by atoms with van der Waals surface area (Å²) in [7, 11) is 0. The van der Waals surface area contributed by atoms with Gasteiger partial charge in [0, 0.05) is 11.0 Å². The highest BCUT2D eigenvalue weighted by atomic mass is 16.3. The summed E-state index contributed by atoms with van der Waals surface area (Å²) >= 11 is 0. The summed E-state index contributed by atoms with van der Waals surface area (Å²) in [5.41, 5.74) is 0.266. The molecule has 0 saturated carbocycles. The predicted molar refractivity (Wildman–Crippen MR) is 62.2 cm³/mol. The topological polar surface area (TPSA) is 47.3 Å². The van der Waals surface area contributed by atoms with Gasteiger partial charge in [0.2, 0.25) is 5.78 Å². The number of ketones is 2. The van der Waals surface area contributed by atoms with E-state index in [1.54, 1.807) is 12.1 Å². The zero-order chi connectivity index (χ0) is 12.3. The van der Waals surface area contributed by atoms with Crippen LogP contribution >= 0.6 is 0 Å². The first-order valence-corrected chi connectivity index (χ1v) is 5.12. The van der Waals surface area contributed by atoms with Gasteiger partial charge in [0.05, 0.1) is 6.26 Å². The van der Waals surface area contributed by atoms with Crippen molar-refractivity contribution in [3.8, 4) is 0 Å². The molecule has 86 valence electrons. The van der Waals surface area contributed by atoms with Crippen LogP contribution in [0, 0.1) is 5.41 Å². The Morgan fingerprint density at radius 1 is 1.31 bits per heavy atom. The van der Waals surface area contributed by atoms with Crippen LogP contribution in [-0.4, -0.2) is 11.6 Å². The van der Waals surface area contributed by atoms with E-state index in [9.17, 15) is 9.59 Å². The Kier molecular flexibility index (Phi) is 3.48. The number of Topliss-reactive ketones (excluding diaryl/α,β-unsaturated/α-hetero) is 1.